The first kappa shape index (κ1) is 25.7. The first-order chi connectivity index (χ1) is 16.0. The number of rotatable bonds is 6. The molecular weight excluding hydrogens is 452 g/mol. The van der Waals surface area contributed by atoms with Crippen LogP contribution < -0.4 is 0 Å². The highest BCUT2D eigenvalue weighted by atomic mass is 32.2. The number of allylic oxidation sites excluding steroid dienone is 1. The third kappa shape index (κ3) is 4.36. The molecule has 7 atom stereocenters. The van der Waals surface area contributed by atoms with Crippen LogP contribution in [0, 0.1) is 28.6 Å². The SMILES string of the molecule is CCOC(=O)OCCC[C@]1(O)CC[C@H]2[C@@H]3[C@H](SC(C)=O)CC4=CC(=O)CC[C@]4(C)[C@H]3CC[C@@]21C. The van der Waals surface area contributed by atoms with Gasteiger partial charge in [0.25, 0.3) is 0 Å². The van der Waals surface area contributed by atoms with Crippen molar-refractivity contribution in [3.8, 4) is 0 Å². The molecule has 3 saturated carbocycles. The highest BCUT2D eigenvalue weighted by molar-refractivity contribution is 8.14. The lowest BCUT2D eigenvalue weighted by atomic mass is 9.46. The molecule has 190 valence electrons. The summed E-state index contributed by atoms with van der Waals surface area (Å²) in [6.45, 7) is 8.51. The van der Waals surface area contributed by atoms with Crippen LogP contribution in [0.25, 0.3) is 0 Å². The minimum Gasteiger partial charge on any atom is -0.435 e. The summed E-state index contributed by atoms with van der Waals surface area (Å²) >= 11 is 1.45. The topological polar surface area (TPSA) is 89.9 Å². The van der Waals surface area contributed by atoms with Crippen molar-refractivity contribution in [3.05, 3.63) is 11.6 Å². The number of thioether (sulfide) groups is 1. The fraction of sp³-hybridized carbons (Fsp3) is 0.815. The first-order valence-electron chi connectivity index (χ1n) is 13.0. The molecule has 34 heavy (non-hydrogen) atoms. The molecule has 3 fully saturated rings. The molecule has 4 rings (SSSR count). The fourth-order valence-corrected chi connectivity index (χ4v) is 9.26. The molecule has 4 aliphatic carbocycles. The minimum absolute atomic E-state index is 0.0158. The Morgan fingerprint density at radius 2 is 1.88 bits per heavy atom. The summed E-state index contributed by atoms with van der Waals surface area (Å²) in [5, 5.41) is 12.2. The normalized spacial score (nSPS) is 41.1. The van der Waals surface area contributed by atoms with Crippen LogP contribution in [0.4, 0.5) is 4.79 Å². The molecule has 0 unspecified atom stereocenters. The minimum atomic E-state index is -0.800. The number of hydrogen-bond donors (Lipinski definition) is 1. The molecule has 0 amide bonds. The zero-order chi connectivity index (χ0) is 24.7. The largest absolute Gasteiger partial charge is 0.508 e. The van der Waals surface area contributed by atoms with Gasteiger partial charge in [-0.25, -0.2) is 4.79 Å². The van der Waals surface area contributed by atoms with E-state index < -0.39 is 11.8 Å². The molecule has 0 heterocycles. The second kappa shape index (κ2) is 9.61. The van der Waals surface area contributed by atoms with Crippen LogP contribution in [0.1, 0.15) is 85.5 Å². The predicted molar refractivity (Wildman–Crippen MR) is 131 cm³/mol. The summed E-state index contributed by atoms with van der Waals surface area (Å²) in [5.74, 6) is 1.35. The summed E-state index contributed by atoms with van der Waals surface area (Å²) < 4.78 is 9.96. The molecule has 7 heteroatoms. The number of carbonyl (C=O) groups excluding carboxylic acids is 3. The van der Waals surface area contributed by atoms with Gasteiger partial charge in [0, 0.05) is 18.6 Å². The van der Waals surface area contributed by atoms with E-state index in [4.69, 9.17) is 9.47 Å². The Morgan fingerprint density at radius 1 is 1.15 bits per heavy atom. The van der Waals surface area contributed by atoms with Crippen molar-refractivity contribution < 1.29 is 29.0 Å². The second-order valence-electron chi connectivity index (χ2n) is 11.4. The quantitative estimate of drug-likeness (QED) is 0.389. The Kier molecular flexibility index (Phi) is 7.27. The third-order valence-electron chi connectivity index (χ3n) is 9.82. The molecule has 0 radical (unpaired) electrons. The van der Waals surface area contributed by atoms with Crippen molar-refractivity contribution in [2.45, 2.75) is 96.3 Å². The van der Waals surface area contributed by atoms with Gasteiger partial charge in [-0.3, -0.25) is 9.59 Å². The third-order valence-corrected chi connectivity index (χ3v) is 10.9. The number of carbonyl (C=O) groups is 3. The second-order valence-corrected chi connectivity index (χ2v) is 12.8. The molecular formula is C27H40O6S. The van der Waals surface area contributed by atoms with E-state index in [1.54, 1.807) is 13.8 Å². The van der Waals surface area contributed by atoms with Gasteiger partial charge in [-0.1, -0.05) is 31.2 Å². The van der Waals surface area contributed by atoms with Crippen LogP contribution in [0.5, 0.6) is 0 Å². The van der Waals surface area contributed by atoms with Gasteiger partial charge >= 0.3 is 6.16 Å². The number of fused-ring (bicyclic) bond motifs is 5. The summed E-state index contributed by atoms with van der Waals surface area (Å²) in [7, 11) is 0. The number of aliphatic hydroxyl groups is 1. The summed E-state index contributed by atoms with van der Waals surface area (Å²) in [4.78, 5) is 36.0. The molecule has 0 saturated heterocycles. The monoisotopic (exact) mass is 492 g/mol. The van der Waals surface area contributed by atoms with Gasteiger partial charge in [0.2, 0.25) is 0 Å². The fourth-order valence-electron chi connectivity index (χ4n) is 8.04. The standard InChI is InChI=1S/C27H40O6S/c1-5-32-24(30)33-14-6-10-27(31)13-9-21-23-20(8-12-26(21,27)4)25(3)11-7-19(29)15-18(25)16-22(23)34-17(2)28/h15,20-23,31H,5-14,16H2,1-4H3/t20-,21-,22+,23+,25-,26-,27-/m0/s1. The van der Waals surface area contributed by atoms with E-state index in [0.717, 1.165) is 38.5 Å². The van der Waals surface area contributed by atoms with Gasteiger partial charge in [0.15, 0.2) is 10.9 Å². The van der Waals surface area contributed by atoms with Crippen molar-refractivity contribution in [2.24, 2.45) is 28.6 Å². The molecule has 0 aromatic carbocycles. The number of hydrogen-bond acceptors (Lipinski definition) is 7. The first-order valence-corrected chi connectivity index (χ1v) is 13.8. The maximum atomic E-state index is 12.2. The summed E-state index contributed by atoms with van der Waals surface area (Å²) in [6, 6.07) is 0. The van der Waals surface area contributed by atoms with Crippen LogP contribution in [-0.4, -0.2) is 46.2 Å². The average molecular weight is 493 g/mol. The van der Waals surface area contributed by atoms with Crippen LogP contribution in [-0.2, 0) is 19.1 Å². The van der Waals surface area contributed by atoms with E-state index in [0.29, 0.717) is 37.0 Å². The van der Waals surface area contributed by atoms with Crippen molar-refractivity contribution in [1.29, 1.82) is 0 Å². The Labute approximate surface area is 207 Å². The Hall–Kier alpha value is -1.34. The van der Waals surface area contributed by atoms with E-state index in [-0.39, 0.29) is 40.2 Å². The van der Waals surface area contributed by atoms with Gasteiger partial charge in [-0.15, -0.1) is 0 Å². The van der Waals surface area contributed by atoms with E-state index in [2.05, 4.69) is 13.8 Å². The molecule has 0 aliphatic heterocycles. The Balaban J connectivity index is 1.55. The van der Waals surface area contributed by atoms with Crippen molar-refractivity contribution >= 4 is 28.8 Å². The van der Waals surface area contributed by atoms with Crippen LogP contribution in [0.3, 0.4) is 0 Å². The van der Waals surface area contributed by atoms with Crippen LogP contribution >= 0.6 is 11.8 Å². The molecule has 6 nitrogen and oxygen atoms in total. The highest BCUT2D eigenvalue weighted by Crippen LogP contribution is 2.69. The van der Waals surface area contributed by atoms with Crippen LogP contribution in [0.2, 0.25) is 0 Å². The Morgan fingerprint density at radius 3 is 2.59 bits per heavy atom. The lowest BCUT2D eigenvalue weighted by Crippen LogP contribution is -2.57. The smallest absolute Gasteiger partial charge is 0.435 e. The molecule has 1 N–H and O–H groups in total. The van der Waals surface area contributed by atoms with Gasteiger partial charge < -0.3 is 14.6 Å². The van der Waals surface area contributed by atoms with Crippen molar-refractivity contribution in [2.75, 3.05) is 13.2 Å². The molecule has 4 aliphatic rings. The lowest BCUT2D eigenvalue weighted by molar-refractivity contribution is -0.132. The van der Waals surface area contributed by atoms with E-state index in [9.17, 15) is 19.5 Å². The summed E-state index contributed by atoms with van der Waals surface area (Å²) in [5.41, 5.74) is 0.236. The number of ether oxygens (including phenoxy) is 2. The molecule has 0 spiro atoms. The lowest BCUT2D eigenvalue weighted by Gasteiger charge is -2.61. The molecule has 0 aromatic heterocycles. The van der Waals surface area contributed by atoms with Gasteiger partial charge in [0.1, 0.15) is 0 Å². The maximum Gasteiger partial charge on any atom is 0.508 e. The molecule has 0 bridgehead atoms. The van der Waals surface area contributed by atoms with Crippen LogP contribution in [0.15, 0.2) is 11.6 Å². The Bertz CT molecular complexity index is 869. The molecule has 0 aromatic rings. The van der Waals surface area contributed by atoms with E-state index >= 15 is 0 Å². The van der Waals surface area contributed by atoms with Gasteiger partial charge in [0.05, 0.1) is 18.8 Å². The zero-order valence-electron chi connectivity index (χ0n) is 21.1. The highest BCUT2D eigenvalue weighted by Gasteiger charge is 2.65. The summed E-state index contributed by atoms with van der Waals surface area (Å²) in [6.07, 6.45) is 8.39. The average Bonchev–Trinajstić information content (AvgIpc) is 3.03. The van der Waals surface area contributed by atoms with Crippen molar-refractivity contribution in [3.63, 3.8) is 0 Å². The predicted octanol–water partition coefficient (Wildman–Crippen LogP) is 5.46. The number of ketones is 1. The van der Waals surface area contributed by atoms with Gasteiger partial charge in [-0.2, -0.15) is 0 Å². The van der Waals surface area contributed by atoms with Crippen molar-refractivity contribution in [1.82, 2.24) is 0 Å². The zero-order valence-corrected chi connectivity index (χ0v) is 21.9. The van der Waals surface area contributed by atoms with E-state index in [1.165, 1.54) is 17.3 Å². The maximum absolute atomic E-state index is 12.2. The van der Waals surface area contributed by atoms with Gasteiger partial charge in [-0.05, 0) is 93.0 Å². The van der Waals surface area contributed by atoms with E-state index in [1.807, 2.05) is 6.08 Å².